The zero-order chi connectivity index (χ0) is 24.6. The summed E-state index contributed by atoms with van der Waals surface area (Å²) < 4.78 is 7.70. The number of primary amides is 1. The van der Waals surface area contributed by atoms with Crippen LogP contribution in [0.4, 0.5) is 5.69 Å². The van der Waals surface area contributed by atoms with Gasteiger partial charge in [0, 0.05) is 29.2 Å². The van der Waals surface area contributed by atoms with Crippen molar-refractivity contribution in [2.45, 2.75) is 18.1 Å². The number of nitrogens with two attached hydrogens (primary N) is 1. The lowest BCUT2D eigenvalue weighted by Crippen LogP contribution is -2.10. The molecule has 0 aliphatic rings. The Morgan fingerprint density at radius 2 is 1.74 bits per heavy atom. The SMILES string of the molecule is C=C(CSc1nnc(-c2ccccc2OC)n1CCc1ccccc1)Nc1ccc(C(N)=O)cc1. The number of hydrogen-bond donors (Lipinski definition) is 2. The summed E-state index contributed by atoms with van der Waals surface area (Å²) in [6, 6.07) is 25.2. The Kier molecular flexibility index (Phi) is 7.84. The van der Waals surface area contributed by atoms with Crippen molar-refractivity contribution in [1.29, 1.82) is 0 Å². The minimum atomic E-state index is -0.452. The third-order valence-electron chi connectivity index (χ3n) is 5.40. The van der Waals surface area contributed by atoms with E-state index in [4.69, 9.17) is 10.5 Å². The van der Waals surface area contributed by atoms with Gasteiger partial charge >= 0.3 is 0 Å². The molecule has 0 aliphatic carbocycles. The lowest BCUT2D eigenvalue weighted by atomic mass is 10.1. The van der Waals surface area contributed by atoms with Gasteiger partial charge in [-0.1, -0.05) is 60.8 Å². The normalized spacial score (nSPS) is 10.7. The fraction of sp³-hybridized carbons (Fsp3) is 0.148. The standard InChI is InChI=1S/C27H27N5O2S/c1-19(29-22-14-12-21(13-15-22)25(28)33)18-35-27-31-30-26(23-10-6-7-11-24(23)34-2)32(27)17-16-20-8-4-3-5-9-20/h3-15,29H,1,16-18H2,2H3,(H2,28,33). The topological polar surface area (TPSA) is 95.1 Å². The molecule has 178 valence electrons. The highest BCUT2D eigenvalue weighted by atomic mass is 32.2. The third-order valence-corrected chi connectivity index (χ3v) is 6.45. The second kappa shape index (κ2) is 11.4. The number of para-hydroxylation sites is 1. The van der Waals surface area contributed by atoms with Crippen molar-refractivity contribution in [2.24, 2.45) is 5.73 Å². The number of rotatable bonds is 11. The summed E-state index contributed by atoms with van der Waals surface area (Å²) in [6.45, 7) is 4.86. The van der Waals surface area contributed by atoms with Crippen LogP contribution in [0.15, 0.2) is 96.3 Å². The van der Waals surface area contributed by atoms with Crippen molar-refractivity contribution in [2.75, 3.05) is 18.2 Å². The van der Waals surface area contributed by atoms with E-state index >= 15 is 0 Å². The quantitative estimate of drug-likeness (QED) is 0.290. The van der Waals surface area contributed by atoms with Crippen LogP contribution in [-0.4, -0.2) is 33.5 Å². The first kappa shape index (κ1) is 24.1. The molecule has 4 aromatic rings. The van der Waals surface area contributed by atoms with E-state index in [1.165, 1.54) is 5.56 Å². The zero-order valence-electron chi connectivity index (χ0n) is 19.5. The first-order valence-electron chi connectivity index (χ1n) is 11.1. The zero-order valence-corrected chi connectivity index (χ0v) is 20.3. The number of nitrogens with one attached hydrogen (secondary N) is 1. The molecule has 8 heteroatoms. The van der Waals surface area contributed by atoms with Crippen LogP contribution in [0.3, 0.4) is 0 Å². The molecule has 0 saturated heterocycles. The fourth-order valence-electron chi connectivity index (χ4n) is 3.62. The van der Waals surface area contributed by atoms with E-state index in [0.29, 0.717) is 11.3 Å². The number of aromatic nitrogens is 3. The van der Waals surface area contributed by atoms with Crippen LogP contribution in [0, 0.1) is 0 Å². The molecule has 0 saturated carbocycles. The second-order valence-electron chi connectivity index (χ2n) is 7.85. The molecule has 1 amide bonds. The molecule has 0 aliphatic heterocycles. The van der Waals surface area contributed by atoms with Crippen molar-refractivity contribution in [3.63, 3.8) is 0 Å². The summed E-state index contributed by atoms with van der Waals surface area (Å²) in [4.78, 5) is 11.3. The minimum Gasteiger partial charge on any atom is -0.496 e. The van der Waals surface area contributed by atoms with Gasteiger partial charge in [-0.2, -0.15) is 0 Å². The van der Waals surface area contributed by atoms with E-state index in [2.05, 4.69) is 38.8 Å². The Morgan fingerprint density at radius 3 is 2.46 bits per heavy atom. The average molecular weight is 486 g/mol. The van der Waals surface area contributed by atoms with E-state index in [1.54, 1.807) is 43.1 Å². The highest BCUT2D eigenvalue weighted by Crippen LogP contribution is 2.31. The summed E-state index contributed by atoms with van der Waals surface area (Å²) in [6.07, 6.45) is 0.847. The molecule has 35 heavy (non-hydrogen) atoms. The molecule has 0 fully saturated rings. The van der Waals surface area contributed by atoms with Gasteiger partial charge in [0.15, 0.2) is 11.0 Å². The van der Waals surface area contributed by atoms with Crippen molar-refractivity contribution in [3.8, 4) is 17.1 Å². The molecule has 0 unspecified atom stereocenters. The number of benzene rings is 3. The van der Waals surface area contributed by atoms with Crippen LogP contribution in [0.5, 0.6) is 5.75 Å². The molecule has 0 spiro atoms. The monoisotopic (exact) mass is 485 g/mol. The van der Waals surface area contributed by atoms with Crippen LogP contribution < -0.4 is 15.8 Å². The first-order valence-corrected chi connectivity index (χ1v) is 12.1. The van der Waals surface area contributed by atoms with Crippen molar-refractivity contribution in [1.82, 2.24) is 14.8 Å². The van der Waals surface area contributed by atoms with Crippen LogP contribution in [0.2, 0.25) is 0 Å². The second-order valence-corrected chi connectivity index (χ2v) is 8.80. The van der Waals surface area contributed by atoms with Crippen LogP contribution in [0.25, 0.3) is 11.4 Å². The van der Waals surface area contributed by atoms with Gasteiger partial charge in [0.25, 0.3) is 0 Å². The van der Waals surface area contributed by atoms with E-state index in [-0.39, 0.29) is 0 Å². The molecule has 1 heterocycles. The van der Waals surface area contributed by atoms with Gasteiger partial charge in [-0.3, -0.25) is 4.79 Å². The van der Waals surface area contributed by atoms with Gasteiger partial charge < -0.3 is 20.4 Å². The predicted octanol–water partition coefficient (Wildman–Crippen LogP) is 5.01. The molecule has 0 radical (unpaired) electrons. The molecule has 1 aromatic heterocycles. The number of aryl methyl sites for hydroxylation is 1. The Labute approximate surface area is 209 Å². The Balaban J connectivity index is 1.51. The Hall–Kier alpha value is -4.04. The number of nitrogens with zero attached hydrogens (tertiary/aromatic N) is 3. The minimum absolute atomic E-state index is 0.452. The number of ether oxygens (including phenoxy) is 1. The number of thioether (sulfide) groups is 1. The molecule has 3 aromatic carbocycles. The maximum atomic E-state index is 11.3. The van der Waals surface area contributed by atoms with Gasteiger partial charge in [-0.05, 0) is 48.4 Å². The van der Waals surface area contributed by atoms with E-state index in [0.717, 1.165) is 46.6 Å². The van der Waals surface area contributed by atoms with Gasteiger partial charge in [-0.15, -0.1) is 10.2 Å². The Morgan fingerprint density at radius 1 is 1.03 bits per heavy atom. The first-order chi connectivity index (χ1) is 17.0. The fourth-order valence-corrected chi connectivity index (χ4v) is 4.43. The summed E-state index contributed by atoms with van der Waals surface area (Å²) in [7, 11) is 1.66. The van der Waals surface area contributed by atoms with E-state index in [1.807, 2.05) is 42.5 Å². The molecule has 7 nitrogen and oxygen atoms in total. The van der Waals surface area contributed by atoms with Crippen molar-refractivity contribution < 1.29 is 9.53 Å². The van der Waals surface area contributed by atoms with Crippen LogP contribution in [-0.2, 0) is 13.0 Å². The number of hydrogen-bond acceptors (Lipinski definition) is 6. The molecular weight excluding hydrogens is 458 g/mol. The van der Waals surface area contributed by atoms with Gasteiger partial charge in [0.1, 0.15) is 5.75 Å². The Bertz CT molecular complexity index is 1300. The van der Waals surface area contributed by atoms with Gasteiger partial charge in [0.2, 0.25) is 5.91 Å². The maximum absolute atomic E-state index is 11.3. The van der Waals surface area contributed by atoms with E-state index < -0.39 is 5.91 Å². The number of methoxy groups -OCH3 is 1. The smallest absolute Gasteiger partial charge is 0.248 e. The van der Waals surface area contributed by atoms with E-state index in [9.17, 15) is 4.79 Å². The number of amides is 1. The van der Waals surface area contributed by atoms with Crippen LogP contribution >= 0.6 is 11.8 Å². The number of carbonyl (C=O) groups excluding carboxylic acids is 1. The van der Waals surface area contributed by atoms with Gasteiger partial charge in [0.05, 0.1) is 12.7 Å². The van der Waals surface area contributed by atoms with Crippen molar-refractivity contribution in [3.05, 3.63) is 102 Å². The summed E-state index contributed by atoms with van der Waals surface area (Å²) in [5.74, 6) is 1.66. The largest absolute Gasteiger partial charge is 0.496 e. The highest BCUT2D eigenvalue weighted by Gasteiger charge is 2.18. The maximum Gasteiger partial charge on any atom is 0.248 e. The third kappa shape index (κ3) is 6.10. The van der Waals surface area contributed by atoms with Gasteiger partial charge in [-0.25, -0.2) is 0 Å². The van der Waals surface area contributed by atoms with Crippen LogP contribution in [0.1, 0.15) is 15.9 Å². The van der Waals surface area contributed by atoms with Crippen molar-refractivity contribution >= 4 is 23.4 Å². The predicted molar refractivity (Wildman–Crippen MR) is 141 cm³/mol. The molecular formula is C27H27N5O2S. The highest BCUT2D eigenvalue weighted by molar-refractivity contribution is 7.99. The lowest BCUT2D eigenvalue weighted by Gasteiger charge is -2.13. The summed E-state index contributed by atoms with van der Waals surface area (Å²) >= 11 is 1.56. The lowest BCUT2D eigenvalue weighted by molar-refractivity contribution is 0.100. The summed E-state index contributed by atoms with van der Waals surface area (Å²) in [5.41, 5.74) is 9.56. The molecule has 0 bridgehead atoms. The summed E-state index contributed by atoms with van der Waals surface area (Å²) in [5, 5.41) is 13.1. The number of anilines is 1. The molecule has 0 atom stereocenters. The average Bonchev–Trinajstić information content (AvgIpc) is 3.29. The molecule has 3 N–H and O–H groups in total. The molecule has 4 rings (SSSR count). The number of carbonyl (C=O) groups is 1.